The molecule has 0 bridgehead atoms. The van der Waals surface area contributed by atoms with Crippen molar-refractivity contribution in [2.24, 2.45) is 10.6 Å². The van der Waals surface area contributed by atoms with Crippen LogP contribution >= 0.6 is 0 Å². The Morgan fingerprint density at radius 3 is 2.95 bits per heavy atom. The van der Waals surface area contributed by atoms with Crippen LogP contribution in [0.4, 0.5) is 5.95 Å². The molecule has 0 radical (unpaired) electrons. The topological polar surface area (TPSA) is 119 Å². The number of nitrogen functional groups attached to an aromatic ring is 1. The van der Waals surface area contributed by atoms with Crippen molar-refractivity contribution >= 4 is 17.1 Å². The van der Waals surface area contributed by atoms with E-state index in [1.165, 1.54) is 0 Å². The maximum Gasteiger partial charge on any atom is 0.280 e. The van der Waals surface area contributed by atoms with Gasteiger partial charge in [0.2, 0.25) is 5.95 Å². The summed E-state index contributed by atoms with van der Waals surface area (Å²) in [4.78, 5) is 32.4. The van der Waals surface area contributed by atoms with E-state index >= 15 is 0 Å². The zero-order chi connectivity index (χ0) is 14.0. The van der Waals surface area contributed by atoms with E-state index in [9.17, 15) is 9.70 Å². The average molecular weight is 264 g/mol. The van der Waals surface area contributed by atoms with E-state index in [1.54, 1.807) is 10.9 Å². The van der Waals surface area contributed by atoms with Crippen LogP contribution in [0.3, 0.4) is 0 Å². The third-order valence-electron chi connectivity index (χ3n) is 2.97. The smallest absolute Gasteiger partial charge is 0.280 e. The van der Waals surface area contributed by atoms with Crippen LogP contribution in [-0.4, -0.2) is 26.1 Å². The fourth-order valence-electron chi connectivity index (χ4n) is 1.97. The molecule has 0 spiro atoms. The van der Waals surface area contributed by atoms with Gasteiger partial charge in [-0.1, -0.05) is 19.0 Å². The summed E-state index contributed by atoms with van der Waals surface area (Å²) < 4.78 is 1.77. The van der Waals surface area contributed by atoms with Crippen molar-refractivity contribution in [3.05, 3.63) is 21.6 Å². The second kappa shape index (κ2) is 4.79. The number of nitrogens with two attached hydrogens (primary N) is 1. The first kappa shape index (κ1) is 13.2. The minimum Gasteiger partial charge on any atom is -0.369 e. The second-order valence-electron chi connectivity index (χ2n) is 5.26. The number of H-pyrrole nitrogens is 1. The molecule has 2 aromatic rings. The number of nitrogens with one attached hydrogen (secondary N) is 1. The van der Waals surface area contributed by atoms with Crippen molar-refractivity contribution in [3.63, 3.8) is 0 Å². The molecule has 0 aliphatic rings. The molecule has 2 rings (SSSR count). The molecule has 0 aliphatic heterocycles. The van der Waals surface area contributed by atoms with Gasteiger partial charge < -0.3 is 10.3 Å². The first-order valence-corrected chi connectivity index (χ1v) is 5.93. The number of nitrogens with zero attached hydrogens (tertiary/aromatic N) is 4. The molecule has 0 amide bonds. The Morgan fingerprint density at radius 1 is 1.53 bits per heavy atom. The lowest BCUT2D eigenvalue weighted by Crippen LogP contribution is -2.21. The largest absolute Gasteiger partial charge is 0.369 e. The number of aromatic nitrogens is 4. The van der Waals surface area contributed by atoms with Crippen LogP contribution < -0.4 is 11.3 Å². The zero-order valence-electron chi connectivity index (χ0n) is 10.9. The van der Waals surface area contributed by atoms with E-state index in [1.807, 2.05) is 13.8 Å². The maximum atomic E-state index is 11.6. The van der Waals surface area contributed by atoms with E-state index in [-0.39, 0.29) is 29.0 Å². The normalized spacial score (nSPS) is 11.9. The SMILES string of the molecule is CC(C)(CCN=O)Cn1cnc2c(=O)[nH]c(N)nc21. The standard InChI is InChI=1S/C11H16N6O2/c1-11(2,3-4-14-19)5-17-6-13-7-8(17)15-10(12)16-9(7)18/h6H,3-5H2,1-2H3,(H3,12,15,16,18). The fraction of sp³-hybridized carbons (Fsp3) is 0.545. The van der Waals surface area contributed by atoms with Gasteiger partial charge in [-0.05, 0) is 11.8 Å². The lowest BCUT2D eigenvalue weighted by Gasteiger charge is -2.23. The Labute approximate surface area is 109 Å². The van der Waals surface area contributed by atoms with Crippen molar-refractivity contribution in [1.29, 1.82) is 0 Å². The highest BCUT2D eigenvalue weighted by Gasteiger charge is 2.20. The molecule has 0 saturated heterocycles. The number of imidazole rings is 1. The molecule has 102 valence electrons. The summed E-state index contributed by atoms with van der Waals surface area (Å²) in [6.07, 6.45) is 2.21. The Balaban J connectivity index is 2.36. The number of anilines is 1. The zero-order valence-corrected chi connectivity index (χ0v) is 10.9. The highest BCUT2D eigenvalue weighted by molar-refractivity contribution is 5.70. The van der Waals surface area contributed by atoms with E-state index in [0.717, 1.165) is 0 Å². The summed E-state index contributed by atoms with van der Waals surface area (Å²) in [7, 11) is 0. The van der Waals surface area contributed by atoms with Crippen molar-refractivity contribution < 1.29 is 0 Å². The summed E-state index contributed by atoms with van der Waals surface area (Å²) in [5, 5.41) is 2.88. The second-order valence-corrected chi connectivity index (χ2v) is 5.26. The molecule has 0 aliphatic carbocycles. The van der Waals surface area contributed by atoms with Gasteiger partial charge in [-0.3, -0.25) is 9.78 Å². The van der Waals surface area contributed by atoms with Crippen LogP contribution in [0.25, 0.3) is 11.2 Å². The molecule has 0 unspecified atom stereocenters. The molecule has 2 heterocycles. The molecule has 0 aromatic carbocycles. The number of rotatable bonds is 5. The minimum atomic E-state index is -0.353. The summed E-state index contributed by atoms with van der Waals surface area (Å²) >= 11 is 0. The Bertz CT molecular complexity index is 657. The van der Waals surface area contributed by atoms with Gasteiger partial charge in [0, 0.05) is 6.54 Å². The third kappa shape index (κ3) is 2.78. The predicted octanol–water partition coefficient (Wildman–Crippen LogP) is 0.885. The number of nitroso groups, excluding NO2 is 1. The number of aromatic amines is 1. The fourth-order valence-corrected chi connectivity index (χ4v) is 1.97. The number of fused-ring (bicyclic) bond motifs is 1. The maximum absolute atomic E-state index is 11.6. The summed E-state index contributed by atoms with van der Waals surface area (Å²) in [6.45, 7) is 4.87. The van der Waals surface area contributed by atoms with Crippen molar-refractivity contribution in [3.8, 4) is 0 Å². The molecule has 19 heavy (non-hydrogen) atoms. The van der Waals surface area contributed by atoms with Crippen molar-refractivity contribution in [2.45, 2.75) is 26.8 Å². The highest BCUT2D eigenvalue weighted by atomic mass is 16.3. The van der Waals surface area contributed by atoms with Crippen LogP contribution in [0, 0.1) is 10.3 Å². The van der Waals surface area contributed by atoms with Crippen LogP contribution in [0.1, 0.15) is 20.3 Å². The van der Waals surface area contributed by atoms with Crippen LogP contribution in [0.2, 0.25) is 0 Å². The van der Waals surface area contributed by atoms with Gasteiger partial charge in [0.25, 0.3) is 5.56 Å². The van der Waals surface area contributed by atoms with Gasteiger partial charge in [-0.2, -0.15) is 9.89 Å². The average Bonchev–Trinajstić information content (AvgIpc) is 2.69. The molecule has 8 heteroatoms. The van der Waals surface area contributed by atoms with E-state index in [0.29, 0.717) is 18.6 Å². The summed E-state index contributed by atoms with van der Waals surface area (Å²) in [6, 6.07) is 0. The van der Waals surface area contributed by atoms with Gasteiger partial charge in [-0.15, -0.1) is 0 Å². The molecule has 3 N–H and O–H groups in total. The lowest BCUT2D eigenvalue weighted by atomic mass is 9.89. The van der Waals surface area contributed by atoms with E-state index in [2.05, 4.69) is 20.1 Å². The van der Waals surface area contributed by atoms with Gasteiger partial charge in [0.05, 0.1) is 12.9 Å². The predicted molar refractivity (Wildman–Crippen MR) is 71.6 cm³/mol. The molecular weight excluding hydrogens is 248 g/mol. The Morgan fingerprint density at radius 2 is 2.26 bits per heavy atom. The summed E-state index contributed by atoms with van der Waals surface area (Å²) in [5.41, 5.74) is 5.74. The van der Waals surface area contributed by atoms with Crippen molar-refractivity contribution in [2.75, 3.05) is 12.3 Å². The molecule has 0 atom stereocenters. The molecule has 2 aromatic heterocycles. The third-order valence-corrected chi connectivity index (χ3v) is 2.97. The quantitative estimate of drug-likeness (QED) is 0.777. The first-order valence-electron chi connectivity index (χ1n) is 5.93. The monoisotopic (exact) mass is 264 g/mol. The molecule has 0 fully saturated rings. The van der Waals surface area contributed by atoms with E-state index in [4.69, 9.17) is 5.73 Å². The van der Waals surface area contributed by atoms with Gasteiger partial charge in [-0.25, -0.2) is 4.98 Å². The van der Waals surface area contributed by atoms with Crippen molar-refractivity contribution in [1.82, 2.24) is 19.5 Å². The molecular formula is C11H16N6O2. The molecule has 0 saturated carbocycles. The lowest BCUT2D eigenvalue weighted by molar-refractivity contribution is 0.289. The molecule has 8 nitrogen and oxygen atoms in total. The minimum absolute atomic E-state index is 0.0617. The number of hydrogen-bond donors (Lipinski definition) is 2. The summed E-state index contributed by atoms with van der Waals surface area (Å²) in [5.74, 6) is 0.0617. The Hall–Kier alpha value is -2.25. The van der Waals surface area contributed by atoms with E-state index < -0.39 is 0 Å². The highest BCUT2D eigenvalue weighted by Crippen LogP contribution is 2.24. The van der Waals surface area contributed by atoms with Crippen LogP contribution in [0.15, 0.2) is 16.3 Å². The van der Waals surface area contributed by atoms with Gasteiger partial charge in [0.1, 0.15) is 0 Å². The first-order chi connectivity index (χ1) is 8.93. The van der Waals surface area contributed by atoms with Gasteiger partial charge >= 0.3 is 0 Å². The number of hydrogen-bond acceptors (Lipinski definition) is 6. The van der Waals surface area contributed by atoms with Gasteiger partial charge in [0.15, 0.2) is 11.2 Å². The Kier molecular flexibility index (Phi) is 3.32. The van der Waals surface area contributed by atoms with Crippen LogP contribution in [0.5, 0.6) is 0 Å². The van der Waals surface area contributed by atoms with Crippen LogP contribution in [-0.2, 0) is 6.54 Å².